The van der Waals surface area contributed by atoms with Gasteiger partial charge in [0, 0.05) is 75.6 Å². The number of alkyl halides is 2. The van der Waals surface area contributed by atoms with Crippen molar-refractivity contribution in [1.29, 1.82) is 0 Å². The summed E-state index contributed by atoms with van der Waals surface area (Å²) in [5, 5.41) is 5.96. The maximum Gasteiger partial charge on any atom is 0.387 e. The zero-order valence-corrected chi connectivity index (χ0v) is 30.5. The van der Waals surface area contributed by atoms with Crippen LogP contribution in [0, 0.1) is 23.5 Å². The van der Waals surface area contributed by atoms with E-state index < -0.39 is 29.9 Å². The second-order valence-corrected chi connectivity index (χ2v) is 13.6. The van der Waals surface area contributed by atoms with Crippen molar-refractivity contribution in [3.8, 4) is 17.0 Å². The molecule has 0 aliphatic carbocycles. The minimum Gasteiger partial charge on any atom is -0.432 e. The fraction of sp³-hybridized carbons (Fsp3) is 0.486. The molecule has 0 saturated carbocycles. The first kappa shape index (κ1) is 40.2. The highest BCUT2D eigenvalue weighted by Crippen LogP contribution is 2.31. The third-order valence-electron chi connectivity index (χ3n) is 9.98. The van der Waals surface area contributed by atoms with E-state index in [4.69, 9.17) is 5.73 Å². The Morgan fingerprint density at radius 3 is 2.35 bits per heavy atom. The lowest BCUT2D eigenvalue weighted by Gasteiger charge is -2.37. The molecule has 0 spiro atoms. The highest BCUT2D eigenvalue weighted by molar-refractivity contribution is 6.03. The van der Waals surface area contributed by atoms with Crippen molar-refractivity contribution in [2.24, 2.45) is 24.6 Å². The zero-order chi connectivity index (χ0) is 39.1. The van der Waals surface area contributed by atoms with Crippen LogP contribution in [0.25, 0.3) is 11.3 Å². The Labute approximate surface area is 310 Å². The molecule has 0 bridgehead atoms. The monoisotopic (exact) mass is 758 g/mol. The SMILES string of the molecule is CCc1cc(NC(=O)c2ncc(-c3ccc(OC(F)F)c(F)c3F)n2C)ccc1C(=O)N1CCN(C(=O)C(CC)CCN(CC(N)=O)CC2CNC2)CC1. The molecular formula is C37H46F4N8O5. The van der Waals surface area contributed by atoms with Crippen molar-refractivity contribution in [3.63, 3.8) is 0 Å². The van der Waals surface area contributed by atoms with Gasteiger partial charge in [0.2, 0.25) is 17.6 Å². The van der Waals surface area contributed by atoms with Gasteiger partial charge in [0.15, 0.2) is 17.4 Å². The van der Waals surface area contributed by atoms with Gasteiger partial charge in [0.25, 0.3) is 11.8 Å². The van der Waals surface area contributed by atoms with E-state index in [0.717, 1.165) is 38.0 Å². The van der Waals surface area contributed by atoms with Gasteiger partial charge in [-0.15, -0.1) is 0 Å². The minimum absolute atomic E-state index is 0.0198. The van der Waals surface area contributed by atoms with Crippen LogP contribution in [-0.4, -0.2) is 113 Å². The van der Waals surface area contributed by atoms with Crippen LogP contribution in [-0.2, 0) is 23.1 Å². The highest BCUT2D eigenvalue weighted by atomic mass is 19.3. The van der Waals surface area contributed by atoms with Crippen molar-refractivity contribution >= 4 is 29.3 Å². The first-order chi connectivity index (χ1) is 25.8. The fourth-order valence-corrected chi connectivity index (χ4v) is 6.84. The maximum atomic E-state index is 14.8. The van der Waals surface area contributed by atoms with Crippen molar-refractivity contribution < 1.29 is 41.5 Å². The maximum absolute atomic E-state index is 14.8. The predicted molar refractivity (Wildman–Crippen MR) is 192 cm³/mol. The summed E-state index contributed by atoms with van der Waals surface area (Å²) in [4.78, 5) is 61.6. The van der Waals surface area contributed by atoms with Gasteiger partial charge in [0.1, 0.15) is 0 Å². The number of ether oxygens (including phenoxy) is 1. The van der Waals surface area contributed by atoms with E-state index >= 15 is 0 Å². The van der Waals surface area contributed by atoms with Gasteiger partial charge in [-0.1, -0.05) is 13.8 Å². The number of anilines is 1. The Kier molecular flexibility index (Phi) is 13.3. The largest absolute Gasteiger partial charge is 0.432 e. The molecule has 4 amide bonds. The van der Waals surface area contributed by atoms with Crippen LogP contribution in [0.3, 0.4) is 0 Å². The van der Waals surface area contributed by atoms with Crippen LogP contribution in [0.2, 0.25) is 0 Å². The van der Waals surface area contributed by atoms with Gasteiger partial charge >= 0.3 is 6.61 Å². The molecular weight excluding hydrogens is 712 g/mol. The molecule has 2 aromatic carbocycles. The lowest BCUT2D eigenvalue weighted by atomic mass is 9.98. The van der Waals surface area contributed by atoms with E-state index in [-0.39, 0.29) is 47.3 Å². The van der Waals surface area contributed by atoms with Crippen molar-refractivity contribution in [3.05, 3.63) is 65.1 Å². The van der Waals surface area contributed by atoms with Gasteiger partial charge in [0.05, 0.1) is 18.4 Å². The molecule has 54 heavy (non-hydrogen) atoms. The van der Waals surface area contributed by atoms with Gasteiger partial charge < -0.3 is 35.5 Å². The second kappa shape index (κ2) is 17.9. The molecule has 1 aromatic heterocycles. The number of hydrogen-bond donors (Lipinski definition) is 3. The molecule has 2 aliphatic rings. The van der Waals surface area contributed by atoms with Crippen molar-refractivity contribution in [2.75, 3.05) is 64.2 Å². The molecule has 17 heteroatoms. The Morgan fingerprint density at radius 2 is 1.74 bits per heavy atom. The number of carbonyl (C=O) groups excluding carboxylic acids is 4. The summed E-state index contributed by atoms with van der Waals surface area (Å²) in [6.45, 7) is 5.35. The lowest BCUT2D eigenvalue weighted by molar-refractivity contribution is -0.137. The lowest BCUT2D eigenvalue weighted by Crippen LogP contribution is -2.52. The molecule has 13 nitrogen and oxygen atoms in total. The Hall–Kier alpha value is -5.03. The van der Waals surface area contributed by atoms with E-state index in [9.17, 15) is 36.7 Å². The summed E-state index contributed by atoms with van der Waals surface area (Å²) in [5.74, 6) is -5.07. The van der Waals surface area contributed by atoms with Crippen LogP contribution in [0.1, 0.15) is 53.2 Å². The standard InChI is InChI=1S/C37H46F4N8O5/c1-4-23(10-11-47(21-30(42)50)20-22-17-43-18-22)35(52)48-12-14-49(15-13-48)36(53)26-7-6-25(16-24(26)5-2)45-34(51)33-44-19-28(46(33)3)27-8-9-29(54-37(40)41)32(39)31(27)38/h6-9,16,19,22-23,37,43H,4-5,10-15,17-18,20-21H2,1-3H3,(H2,42,50)(H,45,51). The number of nitrogens with one attached hydrogen (secondary N) is 2. The van der Waals surface area contributed by atoms with Gasteiger partial charge in [-0.2, -0.15) is 13.2 Å². The summed E-state index contributed by atoms with van der Waals surface area (Å²) in [5.41, 5.74) is 6.71. The van der Waals surface area contributed by atoms with Crippen LogP contribution in [0.5, 0.6) is 5.75 Å². The van der Waals surface area contributed by atoms with Crippen molar-refractivity contribution in [1.82, 2.24) is 29.6 Å². The fourth-order valence-electron chi connectivity index (χ4n) is 6.84. The summed E-state index contributed by atoms with van der Waals surface area (Å²) in [7, 11) is 1.42. The number of aromatic nitrogens is 2. The van der Waals surface area contributed by atoms with E-state index in [2.05, 4.69) is 20.4 Å². The third kappa shape index (κ3) is 9.36. The van der Waals surface area contributed by atoms with E-state index in [1.807, 2.05) is 18.7 Å². The Morgan fingerprint density at radius 1 is 1.04 bits per heavy atom. The van der Waals surface area contributed by atoms with Gasteiger partial charge in [-0.3, -0.25) is 24.1 Å². The molecule has 5 rings (SSSR count). The number of amides is 4. The number of hydrogen-bond acceptors (Lipinski definition) is 8. The number of rotatable bonds is 16. The van der Waals surface area contributed by atoms with Crippen molar-refractivity contribution in [2.45, 2.75) is 39.7 Å². The molecule has 2 saturated heterocycles. The van der Waals surface area contributed by atoms with E-state index in [0.29, 0.717) is 74.7 Å². The zero-order valence-electron chi connectivity index (χ0n) is 30.5. The van der Waals surface area contributed by atoms with E-state index in [1.165, 1.54) is 11.6 Å². The summed E-state index contributed by atoms with van der Waals surface area (Å²) < 4.78 is 59.5. The summed E-state index contributed by atoms with van der Waals surface area (Å²) >= 11 is 0. The van der Waals surface area contributed by atoms with Gasteiger partial charge in [-0.25, -0.2) is 9.37 Å². The third-order valence-corrected chi connectivity index (χ3v) is 9.98. The first-order valence-corrected chi connectivity index (χ1v) is 18.0. The average molecular weight is 759 g/mol. The number of nitrogens with two attached hydrogens (primary N) is 1. The molecule has 1 unspecified atom stereocenters. The number of imidazole rings is 1. The number of nitrogens with zero attached hydrogens (tertiary/aromatic N) is 5. The average Bonchev–Trinajstić information content (AvgIpc) is 3.51. The number of halogens is 4. The quantitative estimate of drug-likeness (QED) is 0.188. The van der Waals surface area contributed by atoms with Gasteiger partial charge in [-0.05, 0) is 67.6 Å². The Bertz CT molecular complexity index is 1840. The predicted octanol–water partition coefficient (Wildman–Crippen LogP) is 3.49. The van der Waals surface area contributed by atoms with E-state index in [1.54, 1.807) is 28.0 Å². The molecule has 3 aromatic rings. The minimum atomic E-state index is -3.34. The number of piperazine rings is 1. The smallest absolute Gasteiger partial charge is 0.387 e. The molecule has 3 heterocycles. The van der Waals surface area contributed by atoms with Crippen LogP contribution < -0.4 is 21.1 Å². The highest BCUT2D eigenvalue weighted by Gasteiger charge is 2.30. The molecule has 2 fully saturated rings. The molecule has 1 atom stereocenters. The molecule has 0 radical (unpaired) electrons. The first-order valence-electron chi connectivity index (χ1n) is 18.0. The van der Waals surface area contributed by atoms with Crippen LogP contribution in [0.4, 0.5) is 23.2 Å². The number of primary amides is 1. The molecule has 292 valence electrons. The van der Waals surface area contributed by atoms with Crippen LogP contribution in [0.15, 0.2) is 36.5 Å². The number of benzene rings is 2. The number of aryl methyl sites for hydroxylation is 1. The number of carbonyl (C=O) groups is 4. The second-order valence-electron chi connectivity index (χ2n) is 13.6. The Balaban J connectivity index is 1.18. The normalized spacial score (nSPS) is 15.4. The molecule has 2 aliphatic heterocycles. The topological polar surface area (TPSA) is 155 Å². The summed E-state index contributed by atoms with van der Waals surface area (Å²) in [6.07, 6.45) is 2.91. The summed E-state index contributed by atoms with van der Waals surface area (Å²) in [6, 6.07) is 6.81. The van der Waals surface area contributed by atoms with Crippen LogP contribution >= 0.6 is 0 Å². The molecule has 4 N–H and O–H groups in total.